The number of carbonyl (C=O) groups excluding carboxylic acids is 1. The van der Waals surface area contributed by atoms with Gasteiger partial charge in [-0.25, -0.2) is 0 Å². The predicted molar refractivity (Wildman–Crippen MR) is 105 cm³/mol. The van der Waals surface area contributed by atoms with Gasteiger partial charge in [0.1, 0.15) is 17.3 Å². The number of methoxy groups -OCH3 is 1. The summed E-state index contributed by atoms with van der Waals surface area (Å²) < 4.78 is 10.8. The molecule has 0 aliphatic heterocycles. The van der Waals surface area contributed by atoms with Gasteiger partial charge < -0.3 is 14.5 Å². The normalized spacial score (nSPS) is 10.9. The van der Waals surface area contributed by atoms with Crippen molar-refractivity contribution in [2.45, 2.75) is 6.92 Å². The van der Waals surface area contributed by atoms with Gasteiger partial charge in [-0.3, -0.25) is 4.79 Å². The van der Waals surface area contributed by atoms with Crippen molar-refractivity contribution in [3.05, 3.63) is 77.0 Å². The highest BCUT2D eigenvalue weighted by molar-refractivity contribution is 6.31. The van der Waals surface area contributed by atoms with Crippen LogP contribution in [0.4, 0.5) is 5.69 Å². The second-order valence-corrected chi connectivity index (χ2v) is 6.12. The number of aryl methyl sites for hydroxylation is 1. The maximum atomic E-state index is 12.0. The standard InChI is InChI=1S/C21H18ClNO3/c1-14-3-4-15(13-19(14)22)20-11-9-18(26-20)10-12-21(24)23-16-5-7-17(25-2)8-6-16/h3-13H,1-2H3,(H,23,24)/b12-10+. The lowest BCUT2D eigenvalue weighted by Gasteiger charge is -2.03. The van der Waals surface area contributed by atoms with Crippen molar-refractivity contribution in [3.8, 4) is 17.1 Å². The van der Waals surface area contributed by atoms with E-state index in [1.807, 2.05) is 31.2 Å². The van der Waals surface area contributed by atoms with E-state index in [-0.39, 0.29) is 5.91 Å². The van der Waals surface area contributed by atoms with Gasteiger partial charge in [0.25, 0.3) is 0 Å². The second kappa shape index (κ2) is 7.93. The minimum atomic E-state index is -0.244. The molecule has 132 valence electrons. The summed E-state index contributed by atoms with van der Waals surface area (Å²) in [5.41, 5.74) is 2.59. The molecule has 1 aromatic heterocycles. The number of carbonyl (C=O) groups is 1. The second-order valence-electron chi connectivity index (χ2n) is 5.72. The summed E-state index contributed by atoms with van der Waals surface area (Å²) in [4.78, 5) is 12.0. The molecule has 2 aromatic carbocycles. The highest BCUT2D eigenvalue weighted by Gasteiger charge is 2.06. The van der Waals surface area contributed by atoms with E-state index in [2.05, 4.69) is 5.32 Å². The minimum absolute atomic E-state index is 0.244. The van der Waals surface area contributed by atoms with Crippen LogP contribution in [0.2, 0.25) is 5.02 Å². The average Bonchev–Trinajstić information content (AvgIpc) is 3.12. The van der Waals surface area contributed by atoms with Crippen LogP contribution in [0.3, 0.4) is 0 Å². The van der Waals surface area contributed by atoms with Crippen molar-refractivity contribution in [1.29, 1.82) is 0 Å². The molecule has 1 amide bonds. The summed E-state index contributed by atoms with van der Waals surface area (Å²) in [6.45, 7) is 1.95. The van der Waals surface area contributed by atoms with Crippen LogP contribution in [-0.4, -0.2) is 13.0 Å². The molecule has 3 aromatic rings. The number of hydrogen-bond acceptors (Lipinski definition) is 3. The summed E-state index contributed by atoms with van der Waals surface area (Å²) >= 11 is 6.15. The van der Waals surface area contributed by atoms with E-state index in [9.17, 15) is 4.79 Å². The number of rotatable bonds is 5. The largest absolute Gasteiger partial charge is 0.497 e. The lowest BCUT2D eigenvalue weighted by Crippen LogP contribution is -2.07. The molecule has 0 radical (unpaired) electrons. The lowest BCUT2D eigenvalue weighted by molar-refractivity contribution is -0.111. The molecule has 0 aliphatic rings. The topological polar surface area (TPSA) is 51.5 Å². The first kappa shape index (κ1) is 17.8. The van der Waals surface area contributed by atoms with E-state index in [1.54, 1.807) is 43.5 Å². The molecule has 4 nitrogen and oxygen atoms in total. The quantitative estimate of drug-likeness (QED) is 0.600. The Morgan fingerprint density at radius 2 is 1.88 bits per heavy atom. The van der Waals surface area contributed by atoms with E-state index in [0.717, 1.165) is 16.9 Å². The fourth-order valence-corrected chi connectivity index (χ4v) is 2.54. The molecule has 3 rings (SSSR count). The van der Waals surface area contributed by atoms with E-state index in [0.29, 0.717) is 22.2 Å². The van der Waals surface area contributed by atoms with Crippen LogP contribution in [-0.2, 0) is 4.79 Å². The molecule has 0 spiro atoms. The molecule has 0 saturated heterocycles. The average molecular weight is 368 g/mol. The zero-order valence-electron chi connectivity index (χ0n) is 14.5. The molecular weight excluding hydrogens is 350 g/mol. The van der Waals surface area contributed by atoms with Crippen LogP contribution >= 0.6 is 11.6 Å². The fourth-order valence-electron chi connectivity index (χ4n) is 2.36. The molecule has 0 unspecified atom stereocenters. The molecule has 0 bridgehead atoms. The Morgan fingerprint density at radius 3 is 2.58 bits per heavy atom. The van der Waals surface area contributed by atoms with Crippen LogP contribution in [0.15, 0.2) is 65.1 Å². The Bertz CT molecular complexity index is 942. The molecule has 0 atom stereocenters. The third-order valence-electron chi connectivity index (χ3n) is 3.84. The third-order valence-corrected chi connectivity index (χ3v) is 4.25. The number of benzene rings is 2. The fraction of sp³-hybridized carbons (Fsp3) is 0.0952. The first-order chi connectivity index (χ1) is 12.5. The van der Waals surface area contributed by atoms with Crippen molar-refractivity contribution in [1.82, 2.24) is 0 Å². The van der Waals surface area contributed by atoms with E-state index < -0.39 is 0 Å². The van der Waals surface area contributed by atoms with Gasteiger partial charge in [-0.1, -0.05) is 23.7 Å². The molecule has 1 N–H and O–H groups in total. The summed E-state index contributed by atoms with van der Waals surface area (Å²) in [5.74, 6) is 1.77. The Morgan fingerprint density at radius 1 is 1.12 bits per heavy atom. The van der Waals surface area contributed by atoms with Crippen molar-refractivity contribution >= 4 is 29.3 Å². The molecule has 0 saturated carbocycles. The van der Waals surface area contributed by atoms with E-state index >= 15 is 0 Å². The highest BCUT2D eigenvalue weighted by Crippen LogP contribution is 2.27. The molecule has 1 heterocycles. The minimum Gasteiger partial charge on any atom is -0.497 e. The lowest BCUT2D eigenvalue weighted by atomic mass is 10.1. The van der Waals surface area contributed by atoms with Crippen LogP contribution < -0.4 is 10.1 Å². The SMILES string of the molecule is COc1ccc(NC(=O)/C=C/c2ccc(-c3ccc(C)c(Cl)c3)o2)cc1. The summed E-state index contributed by atoms with van der Waals surface area (Å²) in [6.07, 6.45) is 3.05. The zero-order valence-corrected chi connectivity index (χ0v) is 15.2. The van der Waals surface area contributed by atoms with Gasteiger partial charge in [-0.05, 0) is 61.0 Å². The first-order valence-electron chi connectivity index (χ1n) is 8.04. The molecule has 5 heteroatoms. The van der Waals surface area contributed by atoms with Crippen LogP contribution in [0.25, 0.3) is 17.4 Å². The third kappa shape index (κ3) is 4.35. The Hall–Kier alpha value is -2.98. The summed E-state index contributed by atoms with van der Waals surface area (Å²) in [5, 5.41) is 3.46. The molecule has 26 heavy (non-hydrogen) atoms. The monoisotopic (exact) mass is 367 g/mol. The van der Waals surface area contributed by atoms with Crippen LogP contribution in [0.1, 0.15) is 11.3 Å². The van der Waals surface area contributed by atoms with Crippen molar-refractivity contribution in [2.75, 3.05) is 12.4 Å². The van der Waals surface area contributed by atoms with Gasteiger partial charge >= 0.3 is 0 Å². The van der Waals surface area contributed by atoms with E-state index in [4.69, 9.17) is 20.8 Å². The number of nitrogens with one attached hydrogen (secondary N) is 1. The number of halogens is 1. The number of amides is 1. The Balaban J connectivity index is 1.65. The van der Waals surface area contributed by atoms with Crippen LogP contribution in [0.5, 0.6) is 5.75 Å². The Kier molecular flexibility index (Phi) is 5.44. The number of furan rings is 1. The van der Waals surface area contributed by atoms with Gasteiger partial charge in [0.15, 0.2) is 0 Å². The number of hydrogen-bond donors (Lipinski definition) is 1. The number of ether oxygens (including phenoxy) is 1. The number of anilines is 1. The first-order valence-corrected chi connectivity index (χ1v) is 8.42. The van der Waals surface area contributed by atoms with Gasteiger partial charge in [0, 0.05) is 22.3 Å². The van der Waals surface area contributed by atoms with Crippen molar-refractivity contribution in [3.63, 3.8) is 0 Å². The Labute approximate surface area is 157 Å². The van der Waals surface area contributed by atoms with Gasteiger partial charge in [-0.15, -0.1) is 0 Å². The summed E-state index contributed by atoms with van der Waals surface area (Å²) in [6, 6.07) is 16.5. The smallest absolute Gasteiger partial charge is 0.248 e. The maximum absolute atomic E-state index is 12.0. The zero-order chi connectivity index (χ0) is 18.5. The summed E-state index contributed by atoms with van der Waals surface area (Å²) in [7, 11) is 1.60. The molecular formula is C21H18ClNO3. The van der Waals surface area contributed by atoms with Gasteiger partial charge in [0.2, 0.25) is 5.91 Å². The highest BCUT2D eigenvalue weighted by atomic mass is 35.5. The maximum Gasteiger partial charge on any atom is 0.248 e. The van der Waals surface area contributed by atoms with Gasteiger partial charge in [-0.2, -0.15) is 0 Å². The van der Waals surface area contributed by atoms with E-state index in [1.165, 1.54) is 6.08 Å². The predicted octanol–water partition coefficient (Wildman–Crippen LogP) is 5.57. The molecule has 0 aliphatic carbocycles. The molecule has 0 fully saturated rings. The van der Waals surface area contributed by atoms with Crippen molar-refractivity contribution < 1.29 is 13.9 Å². The van der Waals surface area contributed by atoms with Gasteiger partial charge in [0.05, 0.1) is 7.11 Å². The van der Waals surface area contributed by atoms with Crippen LogP contribution in [0, 0.1) is 6.92 Å². The van der Waals surface area contributed by atoms with Crippen molar-refractivity contribution in [2.24, 2.45) is 0 Å².